The van der Waals surface area contributed by atoms with Crippen molar-refractivity contribution in [3.63, 3.8) is 0 Å². The summed E-state index contributed by atoms with van der Waals surface area (Å²) in [7, 11) is 0. The highest BCUT2D eigenvalue weighted by Gasteiger charge is 2.15. The van der Waals surface area contributed by atoms with Crippen LogP contribution in [0.5, 0.6) is 5.75 Å². The van der Waals surface area contributed by atoms with Crippen LogP contribution in [0.4, 0.5) is 10.7 Å². The van der Waals surface area contributed by atoms with E-state index in [1.807, 2.05) is 0 Å². The van der Waals surface area contributed by atoms with Crippen LogP contribution in [0, 0.1) is 10.1 Å². The number of nitrogens with zero attached hydrogens (tertiary/aromatic N) is 3. The highest BCUT2D eigenvalue weighted by atomic mass is 32.1. The zero-order chi connectivity index (χ0) is 14.4. The van der Waals surface area contributed by atoms with Gasteiger partial charge < -0.3 is 10.1 Å². The average Bonchev–Trinajstić information content (AvgIpc) is 2.90. The van der Waals surface area contributed by atoms with Crippen LogP contribution in [-0.2, 0) is 6.61 Å². The predicted molar refractivity (Wildman–Crippen MR) is 76.1 cm³/mol. The van der Waals surface area contributed by atoms with Crippen molar-refractivity contribution in [2.45, 2.75) is 20.0 Å². The molecule has 2 rings (SSSR count). The Balaban J connectivity index is 2.06. The number of nitrogens with one attached hydrogen (secondary N) is 1. The minimum atomic E-state index is -0.467. The Kier molecular flexibility index (Phi) is 4.83. The quantitative estimate of drug-likeness (QED) is 0.623. The minimum absolute atomic E-state index is 0.0567. The van der Waals surface area contributed by atoms with Gasteiger partial charge in [-0.1, -0.05) is 23.5 Å². The number of para-hydroxylation sites is 2. The summed E-state index contributed by atoms with van der Waals surface area (Å²) in [6.07, 6.45) is 0.988. The Morgan fingerprint density at radius 3 is 3.00 bits per heavy atom. The van der Waals surface area contributed by atoms with Gasteiger partial charge in [0.1, 0.15) is 17.3 Å². The lowest BCUT2D eigenvalue weighted by atomic mass is 10.3. The molecule has 0 saturated heterocycles. The van der Waals surface area contributed by atoms with E-state index in [9.17, 15) is 10.1 Å². The molecule has 2 aromatic rings. The van der Waals surface area contributed by atoms with Gasteiger partial charge in [-0.3, -0.25) is 10.1 Å². The van der Waals surface area contributed by atoms with Gasteiger partial charge in [-0.2, -0.15) is 0 Å². The second-order valence-electron chi connectivity index (χ2n) is 3.99. The van der Waals surface area contributed by atoms with E-state index < -0.39 is 4.92 Å². The van der Waals surface area contributed by atoms with Gasteiger partial charge in [0.25, 0.3) is 0 Å². The highest BCUT2D eigenvalue weighted by molar-refractivity contribution is 7.10. The van der Waals surface area contributed by atoms with Gasteiger partial charge in [0.2, 0.25) is 0 Å². The van der Waals surface area contributed by atoms with E-state index in [1.54, 1.807) is 18.2 Å². The second kappa shape index (κ2) is 6.80. The minimum Gasteiger partial charge on any atom is -0.480 e. The molecule has 0 fully saturated rings. The van der Waals surface area contributed by atoms with Crippen molar-refractivity contribution in [3.05, 3.63) is 40.1 Å². The number of anilines is 1. The molecule has 1 heterocycles. The molecule has 106 valence electrons. The van der Waals surface area contributed by atoms with Crippen LogP contribution in [0.15, 0.2) is 24.3 Å². The van der Waals surface area contributed by atoms with Gasteiger partial charge in [0, 0.05) is 24.1 Å². The molecule has 0 spiro atoms. The Bertz CT molecular complexity index is 588. The fourth-order valence-electron chi connectivity index (χ4n) is 1.55. The first kappa shape index (κ1) is 14.2. The number of aromatic nitrogens is 2. The van der Waals surface area contributed by atoms with Crippen molar-refractivity contribution < 1.29 is 9.66 Å². The summed E-state index contributed by atoms with van der Waals surface area (Å²) < 4.78 is 9.35. The number of nitro benzene ring substituents is 1. The Labute approximate surface area is 119 Å². The molecule has 0 bridgehead atoms. The third-order valence-electron chi connectivity index (χ3n) is 2.52. The molecular formula is C12H14N4O3S. The summed E-state index contributed by atoms with van der Waals surface area (Å²) in [6, 6.07) is 6.27. The standard InChI is InChI=1S/C12H14N4O3S/c1-2-7-13-12-9(14-15-20-12)8-19-11-6-4-3-5-10(11)16(17)18/h3-6,13H,2,7-8H2,1H3. The molecule has 8 heteroatoms. The van der Waals surface area contributed by atoms with Gasteiger partial charge in [-0.15, -0.1) is 5.10 Å². The molecule has 1 N–H and O–H groups in total. The molecule has 0 radical (unpaired) electrons. The molecular weight excluding hydrogens is 280 g/mol. The monoisotopic (exact) mass is 294 g/mol. The third kappa shape index (κ3) is 3.41. The SMILES string of the molecule is CCCNc1snnc1COc1ccccc1[N+](=O)[O-]. The summed E-state index contributed by atoms with van der Waals surface area (Å²) in [5.74, 6) is 0.229. The second-order valence-corrected chi connectivity index (χ2v) is 4.74. The fraction of sp³-hybridized carbons (Fsp3) is 0.333. The third-order valence-corrected chi connectivity index (χ3v) is 3.24. The summed E-state index contributed by atoms with van der Waals surface area (Å²) in [5.41, 5.74) is 0.598. The largest absolute Gasteiger partial charge is 0.480 e. The summed E-state index contributed by atoms with van der Waals surface area (Å²) in [6.45, 7) is 3.03. The van der Waals surface area contributed by atoms with Crippen molar-refractivity contribution in [1.29, 1.82) is 0 Å². The van der Waals surface area contributed by atoms with Crippen LogP contribution in [-0.4, -0.2) is 21.1 Å². The van der Waals surface area contributed by atoms with E-state index in [2.05, 4.69) is 21.8 Å². The Hall–Kier alpha value is -2.22. The van der Waals surface area contributed by atoms with E-state index in [1.165, 1.54) is 17.6 Å². The van der Waals surface area contributed by atoms with Crippen LogP contribution in [0.2, 0.25) is 0 Å². The van der Waals surface area contributed by atoms with Crippen molar-refractivity contribution in [2.24, 2.45) is 0 Å². The lowest BCUT2D eigenvalue weighted by Gasteiger charge is -2.06. The van der Waals surface area contributed by atoms with Gasteiger partial charge in [-0.25, -0.2) is 0 Å². The van der Waals surface area contributed by atoms with Crippen molar-refractivity contribution in [1.82, 2.24) is 9.59 Å². The van der Waals surface area contributed by atoms with E-state index in [4.69, 9.17) is 4.74 Å². The zero-order valence-corrected chi connectivity index (χ0v) is 11.7. The highest BCUT2D eigenvalue weighted by Crippen LogP contribution is 2.27. The molecule has 20 heavy (non-hydrogen) atoms. The van der Waals surface area contributed by atoms with Crippen LogP contribution < -0.4 is 10.1 Å². The van der Waals surface area contributed by atoms with Gasteiger partial charge in [0.05, 0.1) is 4.92 Å². The number of hydrogen-bond acceptors (Lipinski definition) is 7. The Morgan fingerprint density at radius 2 is 2.25 bits per heavy atom. The van der Waals surface area contributed by atoms with Crippen molar-refractivity contribution >= 4 is 22.2 Å². The lowest BCUT2D eigenvalue weighted by molar-refractivity contribution is -0.385. The molecule has 0 aliphatic rings. The summed E-state index contributed by atoms with van der Waals surface area (Å²) >= 11 is 1.25. The topological polar surface area (TPSA) is 90.2 Å². The summed E-state index contributed by atoms with van der Waals surface area (Å²) in [5, 5.41) is 18.9. The predicted octanol–water partition coefficient (Wildman–Crippen LogP) is 2.85. The van der Waals surface area contributed by atoms with Gasteiger partial charge in [0.15, 0.2) is 5.75 Å². The normalized spacial score (nSPS) is 10.2. The van der Waals surface area contributed by atoms with Crippen LogP contribution >= 0.6 is 11.5 Å². The first-order chi connectivity index (χ1) is 9.72. The summed E-state index contributed by atoms with van der Waals surface area (Å²) in [4.78, 5) is 10.4. The maximum absolute atomic E-state index is 10.9. The van der Waals surface area contributed by atoms with Crippen LogP contribution in [0.3, 0.4) is 0 Å². The van der Waals surface area contributed by atoms with Crippen molar-refractivity contribution in [3.8, 4) is 5.75 Å². The number of nitro groups is 1. The molecule has 0 saturated carbocycles. The van der Waals surface area contributed by atoms with Crippen LogP contribution in [0.25, 0.3) is 0 Å². The average molecular weight is 294 g/mol. The van der Waals surface area contributed by atoms with Gasteiger partial charge >= 0.3 is 5.69 Å². The fourth-order valence-corrected chi connectivity index (χ4v) is 2.14. The molecule has 0 atom stereocenters. The molecule has 0 amide bonds. The number of benzene rings is 1. The van der Waals surface area contributed by atoms with E-state index in [0.29, 0.717) is 5.69 Å². The molecule has 0 aliphatic carbocycles. The Morgan fingerprint density at radius 1 is 1.45 bits per heavy atom. The maximum Gasteiger partial charge on any atom is 0.310 e. The van der Waals surface area contributed by atoms with Crippen LogP contribution in [0.1, 0.15) is 19.0 Å². The lowest BCUT2D eigenvalue weighted by Crippen LogP contribution is -2.04. The number of ether oxygens (including phenoxy) is 1. The molecule has 1 aromatic carbocycles. The van der Waals surface area contributed by atoms with E-state index in [-0.39, 0.29) is 18.0 Å². The first-order valence-corrected chi connectivity index (χ1v) is 6.91. The van der Waals surface area contributed by atoms with E-state index >= 15 is 0 Å². The molecule has 1 aromatic heterocycles. The zero-order valence-electron chi connectivity index (χ0n) is 10.9. The number of hydrogen-bond donors (Lipinski definition) is 1. The first-order valence-electron chi connectivity index (χ1n) is 6.13. The molecule has 0 unspecified atom stereocenters. The van der Waals surface area contributed by atoms with Gasteiger partial charge in [-0.05, 0) is 12.5 Å². The van der Waals surface area contributed by atoms with Crippen molar-refractivity contribution in [2.75, 3.05) is 11.9 Å². The maximum atomic E-state index is 10.9. The molecule has 0 aliphatic heterocycles. The smallest absolute Gasteiger partial charge is 0.310 e. The molecule has 7 nitrogen and oxygen atoms in total. The number of rotatable bonds is 7. The van der Waals surface area contributed by atoms with E-state index in [0.717, 1.165) is 18.0 Å².